The minimum absolute atomic E-state index is 0.145. The lowest BCUT2D eigenvalue weighted by Crippen LogP contribution is -2.45. The van der Waals surface area contributed by atoms with Crippen LogP contribution in [0.1, 0.15) is 32.6 Å². The molecule has 0 N–H and O–H groups in total. The lowest BCUT2D eigenvalue weighted by Gasteiger charge is -2.32. The summed E-state index contributed by atoms with van der Waals surface area (Å²) in [5.41, 5.74) is 0. The summed E-state index contributed by atoms with van der Waals surface area (Å²) < 4.78 is 4.71. The SMILES string of the molecule is CCCC(C#N)C(=O)N1CCCC(C(=O)OC)C1. The van der Waals surface area contributed by atoms with Crippen LogP contribution >= 0.6 is 0 Å². The van der Waals surface area contributed by atoms with E-state index in [0.29, 0.717) is 19.5 Å². The molecule has 0 saturated carbocycles. The zero-order valence-corrected chi connectivity index (χ0v) is 11.0. The first-order valence-electron chi connectivity index (χ1n) is 6.40. The van der Waals surface area contributed by atoms with Gasteiger partial charge in [-0.2, -0.15) is 5.26 Å². The Morgan fingerprint density at radius 3 is 2.83 bits per heavy atom. The van der Waals surface area contributed by atoms with Gasteiger partial charge in [0.15, 0.2) is 0 Å². The van der Waals surface area contributed by atoms with E-state index in [1.165, 1.54) is 7.11 Å². The van der Waals surface area contributed by atoms with Crippen molar-refractivity contribution in [1.29, 1.82) is 5.26 Å². The summed E-state index contributed by atoms with van der Waals surface area (Å²) in [4.78, 5) is 25.2. The average molecular weight is 252 g/mol. The van der Waals surface area contributed by atoms with E-state index in [1.807, 2.05) is 6.92 Å². The van der Waals surface area contributed by atoms with Crippen molar-refractivity contribution in [1.82, 2.24) is 4.90 Å². The molecule has 1 rings (SSSR count). The van der Waals surface area contributed by atoms with Gasteiger partial charge in [-0.15, -0.1) is 0 Å². The minimum atomic E-state index is -0.577. The first-order valence-corrected chi connectivity index (χ1v) is 6.40. The molecule has 1 saturated heterocycles. The van der Waals surface area contributed by atoms with Crippen molar-refractivity contribution in [3.8, 4) is 6.07 Å². The number of esters is 1. The maximum absolute atomic E-state index is 12.1. The Bertz CT molecular complexity index is 349. The van der Waals surface area contributed by atoms with Gasteiger partial charge in [-0.05, 0) is 19.3 Å². The Morgan fingerprint density at radius 2 is 2.28 bits per heavy atom. The minimum Gasteiger partial charge on any atom is -0.469 e. The fourth-order valence-corrected chi connectivity index (χ4v) is 2.29. The second-order valence-corrected chi connectivity index (χ2v) is 4.62. The number of carbonyl (C=O) groups is 2. The van der Waals surface area contributed by atoms with Crippen LogP contribution in [0.15, 0.2) is 0 Å². The predicted molar refractivity (Wildman–Crippen MR) is 65.3 cm³/mol. The lowest BCUT2D eigenvalue weighted by atomic mass is 9.96. The van der Waals surface area contributed by atoms with E-state index in [0.717, 1.165) is 19.3 Å². The summed E-state index contributed by atoms with van der Waals surface area (Å²) in [5.74, 6) is -1.23. The van der Waals surface area contributed by atoms with Crippen molar-refractivity contribution in [3.63, 3.8) is 0 Å². The quantitative estimate of drug-likeness (QED) is 0.708. The number of methoxy groups -OCH3 is 1. The van der Waals surface area contributed by atoms with Crippen molar-refractivity contribution in [2.45, 2.75) is 32.6 Å². The first-order chi connectivity index (χ1) is 8.63. The normalized spacial score (nSPS) is 20.9. The maximum Gasteiger partial charge on any atom is 0.310 e. The van der Waals surface area contributed by atoms with Gasteiger partial charge in [0.25, 0.3) is 0 Å². The Hall–Kier alpha value is -1.57. The van der Waals surface area contributed by atoms with Crippen molar-refractivity contribution in [3.05, 3.63) is 0 Å². The molecule has 0 spiro atoms. The fourth-order valence-electron chi connectivity index (χ4n) is 2.29. The van der Waals surface area contributed by atoms with Gasteiger partial charge in [-0.3, -0.25) is 9.59 Å². The molecule has 1 aliphatic heterocycles. The summed E-state index contributed by atoms with van der Waals surface area (Å²) in [5, 5.41) is 8.99. The number of rotatable bonds is 4. The van der Waals surface area contributed by atoms with Gasteiger partial charge in [0.05, 0.1) is 19.1 Å². The number of amides is 1. The highest BCUT2D eigenvalue weighted by molar-refractivity contribution is 5.82. The molecule has 0 aromatic heterocycles. The highest BCUT2D eigenvalue weighted by Gasteiger charge is 2.31. The van der Waals surface area contributed by atoms with Gasteiger partial charge in [-0.25, -0.2) is 0 Å². The molecule has 2 unspecified atom stereocenters. The van der Waals surface area contributed by atoms with Crippen LogP contribution in [0.3, 0.4) is 0 Å². The highest BCUT2D eigenvalue weighted by Crippen LogP contribution is 2.20. The molecule has 0 aromatic carbocycles. The van der Waals surface area contributed by atoms with E-state index in [1.54, 1.807) is 4.90 Å². The van der Waals surface area contributed by atoms with Crippen LogP contribution in [0.25, 0.3) is 0 Å². The van der Waals surface area contributed by atoms with Crippen molar-refractivity contribution in [2.75, 3.05) is 20.2 Å². The number of hydrogen-bond donors (Lipinski definition) is 0. The van der Waals surface area contributed by atoms with E-state index in [9.17, 15) is 9.59 Å². The molecular formula is C13H20N2O3. The second kappa shape index (κ2) is 7.00. The molecule has 1 amide bonds. The van der Waals surface area contributed by atoms with E-state index < -0.39 is 5.92 Å². The second-order valence-electron chi connectivity index (χ2n) is 4.62. The number of nitriles is 1. The van der Waals surface area contributed by atoms with Gasteiger partial charge in [0.1, 0.15) is 5.92 Å². The molecule has 5 heteroatoms. The smallest absolute Gasteiger partial charge is 0.310 e. The van der Waals surface area contributed by atoms with E-state index in [2.05, 4.69) is 6.07 Å². The number of likely N-dealkylation sites (tertiary alicyclic amines) is 1. The Kier molecular flexibility index (Phi) is 5.63. The highest BCUT2D eigenvalue weighted by atomic mass is 16.5. The average Bonchev–Trinajstić information content (AvgIpc) is 2.43. The third kappa shape index (κ3) is 3.46. The number of nitrogens with zero attached hydrogens (tertiary/aromatic N) is 2. The number of carbonyl (C=O) groups excluding carboxylic acids is 2. The van der Waals surface area contributed by atoms with Crippen LogP contribution in [0.5, 0.6) is 0 Å². The number of ether oxygens (including phenoxy) is 1. The summed E-state index contributed by atoms with van der Waals surface area (Å²) >= 11 is 0. The van der Waals surface area contributed by atoms with Crippen LogP contribution in [-0.2, 0) is 14.3 Å². The molecule has 1 fully saturated rings. The zero-order valence-electron chi connectivity index (χ0n) is 11.0. The van der Waals surface area contributed by atoms with Gasteiger partial charge in [0.2, 0.25) is 5.91 Å². The van der Waals surface area contributed by atoms with Gasteiger partial charge < -0.3 is 9.64 Å². The van der Waals surface area contributed by atoms with Crippen LogP contribution in [0, 0.1) is 23.2 Å². The van der Waals surface area contributed by atoms with Gasteiger partial charge in [-0.1, -0.05) is 13.3 Å². The van der Waals surface area contributed by atoms with Gasteiger partial charge in [0, 0.05) is 13.1 Å². The summed E-state index contributed by atoms with van der Waals surface area (Å²) in [6.07, 6.45) is 2.92. The Balaban J connectivity index is 2.63. The maximum atomic E-state index is 12.1. The third-order valence-electron chi connectivity index (χ3n) is 3.30. The molecule has 0 bridgehead atoms. The molecular weight excluding hydrogens is 232 g/mol. The van der Waals surface area contributed by atoms with Crippen LogP contribution in [0.2, 0.25) is 0 Å². The molecule has 1 heterocycles. The summed E-state index contributed by atoms with van der Waals surface area (Å²) in [6, 6.07) is 2.05. The monoisotopic (exact) mass is 252 g/mol. The predicted octanol–water partition coefficient (Wildman–Crippen LogP) is 1.34. The number of piperidine rings is 1. The van der Waals surface area contributed by atoms with Crippen molar-refractivity contribution in [2.24, 2.45) is 11.8 Å². The van der Waals surface area contributed by atoms with E-state index in [-0.39, 0.29) is 17.8 Å². The largest absolute Gasteiger partial charge is 0.469 e. The van der Waals surface area contributed by atoms with Crippen LogP contribution in [0.4, 0.5) is 0 Å². The van der Waals surface area contributed by atoms with Crippen molar-refractivity contribution < 1.29 is 14.3 Å². The molecule has 0 radical (unpaired) electrons. The zero-order chi connectivity index (χ0) is 13.5. The molecule has 1 aliphatic rings. The van der Waals surface area contributed by atoms with Gasteiger partial charge >= 0.3 is 5.97 Å². The first kappa shape index (κ1) is 14.5. The lowest BCUT2D eigenvalue weighted by molar-refractivity contribution is -0.149. The summed E-state index contributed by atoms with van der Waals surface area (Å²) in [6.45, 7) is 2.96. The topological polar surface area (TPSA) is 70.4 Å². The fraction of sp³-hybridized carbons (Fsp3) is 0.769. The molecule has 0 aromatic rings. The summed E-state index contributed by atoms with van der Waals surface area (Å²) in [7, 11) is 1.36. The van der Waals surface area contributed by atoms with E-state index >= 15 is 0 Å². The standard InChI is InChI=1S/C13H20N2O3/c1-3-5-10(8-14)12(16)15-7-4-6-11(9-15)13(17)18-2/h10-11H,3-7,9H2,1-2H3. The Labute approximate surface area is 108 Å². The van der Waals surface area contributed by atoms with Crippen LogP contribution < -0.4 is 0 Å². The molecule has 100 valence electrons. The van der Waals surface area contributed by atoms with Crippen LogP contribution in [-0.4, -0.2) is 37.0 Å². The Morgan fingerprint density at radius 1 is 1.56 bits per heavy atom. The molecule has 5 nitrogen and oxygen atoms in total. The van der Waals surface area contributed by atoms with Crippen molar-refractivity contribution >= 4 is 11.9 Å². The number of hydrogen-bond acceptors (Lipinski definition) is 4. The molecule has 0 aliphatic carbocycles. The molecule has 2 atom stereocenters. The third-order valence-corrected chi connectivity index (χ3v) is 3.30. The molecule has 18 heavy (non-hydrogen) atoms. The van der Waals surface area contributed by atoms with E-state index in [4.69, 9.17) is 10.00 Å².